The van der Waals surface area contributed by atoms with Crippen molar-refractivity contribution in [3.8, 4) is 0 Å². The fourth-order valence-corrected chi connectivity index (χ4v) is 2.48. The summed E-state index contributed by atoms with van der Waals surface area (Å²) in [5.41, 5.74) is 1.94. The summed E-state index contributed by atoms with van der Waals surface area (Å²) < 4.78 is 5.06. The number of allylic oxidation sites excluding steroid dienone is 3. The van der Waals surface area contributed by atoms with Crippen molar-refractivity contribution in [2.75, 3.05) is 6.61 Å². The maximum atomic E-state index is 10.4. The second kappa shape index (κ2) is 8.34. The highest BCUT2D eigenvalue weighted by Crippen LogP contribution is 2.32. The molecule has 1 saturated heterocycles. The Hall–Kier alpha value is -0.800. The van der Waals surface area contributed by atoms with Gasteiger partial charge in [0.15, 0.2) is 0 Å². The highest BCUT2D eigenvalue weighted by Gasteiger charge is 2.55. The van der Waals surface area contributed by atoms with Crippen molar-refractivity contribution in [1.82, 2.24) is 0 Å². The summed E-state index contributed by atoms with van der Waals surface area (Å²) in [5, 5.41) is 59.1. The van der Waals surface area contributed by atoms with Crippen LogP contribution in [0.1, 0.15) is 33.6 Å². The predicted molar refractivity (Wildman–Crippen MR) is 83.4 cm³/mol. The molecule has 134 valence electrons. The third-order valence-corrected chi connectivity index (χ3v) is 3.96. The molecule has 23 heavy (non-hydrogen) atoms. The fourth-order valence-electron chi connectivity index (χ4n) is 2.48. The zero-order valence-electron chi connectivity index (χ0n) is 13.8. The van der Waals surface area contributed by atoms with Crippen LogP contribution in [0.5, 0.6) is 0 Å². The summed E-state index contributed by atoms with van der Waals surface area (Å²) in [4.78, 5) is 0. The Morgan fingerprint density at radius 2 is 1.78 bits per heavy atom. The van der Waals surface area contributed by atoms with E-state index in [0.29, 0.717) is 6.42 Å². The van der Waals surface area contributed by atoms with Crippen LogP contribution in [0.15, 0.2) is 23.3 Å². The lowest BCUT2D eigenvalue weighted by atomic mass is 9.88. The van der Waals surface area contributed by atoms with Gasteiger partial charge in [0.25, 0.3) is 0 Å². The van der Waals surface area contributed by atoms with Crippen LogP contribution in [0.25, 0.3) is 0 Å². The average Bonchev–Trinajstić information content (AvgIpc) is 2.48. The Balaban J connectivity index is 2.86. The van der Waals surface area contributed by atoms with Crippen molar-refractivity contribution in [3.05, 3.63) is 23.3 Å². The van der Waals surface area contributed by atoms with Gasteiger partial charge in [-0.2, -0.15) is 0 Å². The van der Waals surface area contributed by atoms with E-state index in [4.69, 9.17) is 9.84 Å². The quantitative estimate of drug-likeness (QED) is 0.351. The van der Waals surface area contributed by atoms with Gasteiger partial charge < -0.3 is 35.4 Å². The van der Waals surface area contributed by atoms with Gasteiger partial charge in [-0.3, -0.25) is 0 Å². The van der Waals surface area contributed by atoms with E-state index in [1.807, 2.05) is 19.9 Å². The van der Waals surface area contributed by atoms with Gasteiger partial charge in [0.1, 0.15) is 30.5 Å². The van der Waals surface area contributed by atoms with Crippen LogP contribution < -0.4 is 0 Å². The maximum Gasteiger partial charge on any atom is 0.225 e. The van der Waals surface area contributed by atoms with Crippen molar-refractivity contribution in [2.24, 2.45) is 0 Å². The molecule has 0 radical (unpaired) electrons. The zero-order valence-corrected chi connectivity index (χ0v) is 13.8. The monoisotopic (exact) mass is 332 g/mol. The van der Waals surface area contributed by atoms with E-state index in [-0.39, 0.29) is 0 Å². The van der Waals surface area contributed by atoms with Crippen LogP contribution >= 0.6 is 0 Å². The first-order valence-electron chi connectivity index (χ1n) is 7.67. The molecule has 1 aliphatic heterocycles. The molecule has 0 aliphatic carbocycles. The standard InChI is InChI=1S/C16H28O7/c1-9(2)5-4-6-10(3)7-12(18)16(22)15(21)14(20)13(19)11(8-17)23-16/h5,7,11-15,17-22H,4,6,8H2,1-3H3/b10-7+. The molecule has 0 aromatic rings. The summed E-state index contributed by atoms with van der Waals surface area (Å²) in [6, 6.07) is 0. The molecule has 6 N–H and O–H groups in total. The molecule has 1 fully saturated rings. The molecular weight excluding hydrogens is 304 g/mol. The summed E-state index contributed by atoms with van der Waals surface area (Å²) >= 11 is 0. The minimum absolute atomic E-state index is 0.642. The van der Waals surface area contributed by atoms with Gasteiger partial charge in [-0.15, -0.1) is 0 Å². The lowest BCUT2D eigenvalue weighted by Gasteiger charge is -2.46. The Morgan fingerprint density at radius 1 is 1.17 bits per heavy atom. The molecule has 0 amide bonds. The van der Waals surface area contributed by atoms with Crippen molar-refractivity contribution in [2.45, 2.75) is 69.9 Å². The SMILES string of the molecule is CC(C)=CCC/C(C)=C/C(O)C1(O)OC(CO)C(O)C(O)C1O. The van der Waals surface area contributed by atoms with Crippen LogP contribution in [-0.2, 0) is 4.74 Å². The molecule has 7 heteroatoms. The van der Waals surface area contributed by atoms with Crippen molar-refractivity contribution in [3.63, 3.8) is 0 Å². The van der Waals surface area contributed by atoms with E-state index in [9.17, 15) is 25.5 Å². The highest BCUT2D eigenvalue weighted by atomic mass is 16.7. The van der Waals surface area contributed by atoms with Gasteiger partial charge in [-0.05, 0) is 33.6 Å². The zero-order chi connectivity index (χ0) is 17.8. The van der Waals surface area contributed by atoms with Crippen molar-refractivity contribution >= 4 is 0 Å². The Kier molecular flexibility index (Phi) is 7.34. The molecular formula is C16H28O7. The molecule has 6 atom stereocenters. The van der Waals surface area contributed by atoms with Crippen LogP contribution in [0, 0.1) is 0 Å². The third kappa shape index (κ3) is 4.84. The minimum Gasteiger partial charge on any atom is -0.394 e. The van der Waals surface area contributed by atoms with Gasteiger partial charge >= 0.3 is 0 Å². The number of rotatable bonds is 6. The number of aliphatic hydroxyl groups excluding tert-OH is 5. The molecule has 0 aromatic carbocycles. The molecule has 0 spiro atoms. The third-order valence-electron chi connectivity index (χ3n) is 3.96. The Morgan fingerprint density at radius 3 is 2.30 bits per heavy atom. The molecule has 7 nitrogen and oxygen atoms in total. The molecule has 1 aliphatic rings. The molecule has 0 bridgehead atoms. The van der Waals surface area contributed by atoms with Crippen LogP contribution in [0.4, 0.5) is 0 Å². The Bertz CT molecular complexity index is 442. The normalized spacial score (nSPS) is 36.7. The minimum atomic E-state index is -2.51. The Labute approximate surface area is 136 Å². The number of hydrogen-bond donors (Lipinski definition) is 6. The largest absolute Gasteiger partial charge is 0.394 e. The van der Waals surface area contributed by atoms with E-state index in [0.717, 1.165) is 12.0 Å². The van der Waals surface area contributed by atoms with E-state index < -0.39 is 42.9 Å². The van der Waals surface area contributed by atoms with E-state index in [2.05, 4.69) is 0 Å². The van der Waals surface area contributed by atoms with Gasteiger partial charge in [0, 0.05) is 0 Å². The maximum absolute atomic E-state index is 10.4. The van der Waals surface area contributed by atoms with Gasteiger partial charge in [-0.25, -0.2) is 0 Å². The van der Waals surface area contributed by atoms with Crippen molar-refractivity contribution in [1.29, 1.82) is 0 Å². The highest BCUT2D eigenvalue weighted by molar-refractivity contribution is 5.11. The van der Waals surface area contributed by atoms with Gasteiger partial charge in [0.2, 0.25) is 5.79 Å². The summed E-state index contributed by atoms with van der Waals surface area (Å²) in [7, 11) is 0. The summed E-state index contributed by atoms with van der Waals surface area (Å²) in [6.07, 6.45) is -3.40. The van der Waals surface area contributed by atoms with Crippen molar-refractivity contribution < 1.29 is 35.4 Å². The van der Waals surface area contributed by atoms with Gasteiger partial charge in [-0.1, -0.05) is 23.3 Å². The van der Waals surface area contributed by atoms with E-state index in [1.54, 1.807) is 6.92 Å². The number of aliphatic hydroxyl groups is 6. The molecule has 1 rings (SSSR count). The topological polar surface area (TPSA) is 131 Å². The van der Waals surface area contributed by atoms with Crippen LogP contribution in [0.3, 0.4) is 0 Å². The smallest absolute Gasteiger partial charge is 0.225 e. The lowest BCUT2D eigenvalue weighted by molar-refractivity contribution is -0.369. The lowest BCUT2D eigenvalue weighted by Crippen LogP contribution is -2.68. The van der Waals surface area contributed by atoms with E-state index >= 15 is 0 Å². The second-order valence-corrected chi connectivity index (χ2v) is 6.29. The van der Waals surface area contributed by atoms with Crippen LogP contribution in [0.2, 0.25) is 0 Å². The predicted octanol–water partition coefficient (Wildman–Crippen LogP) is -0.798. The number of ether oxygens (including phenoxy) is 1. The summed E-state index contributed by atoms with van der Waals surface area (Å²) in [5.74, 6) is -2.51. The molecule has 1 heterocycles. The fraction of sp³-hybridized carbons (Fsp3) is 0.750. The molecule has 0 aromatic heterocycles. The molecule has 6 unspecified atom stereocenters. The van der Waals surface area contributed by atoms with Gasteiger partial charge in [0.05, 0.1) is 6.61 Å². The van der Waals surface area contributed by atoms with Crippen LogP contribution in [-0.4, -0.2) is 73.6 Å². The average molecular weight is 332 g/mol. The second-order valence-electron chi connectivity index (χ2n) is 6.29. The first-order chi connectivity index (χ1) is 10.6. The first-order valence-corrected chi connectivity index (χ1v) is 7.67. The summed E-state index contributed by atoms with van der Waals surface area (Å²) in [6.45, 7) is 5.04. The molecule has 0 saturated carbocycles. The van der Waals surface area contributed by atoms with E-state index in [1.165, 1.54) is 11.6 Å². The first kappa shape index (κ1) is 20.2. The number of hydrogen-bond acceptors (Lipinski definition) is 7.